The molecule has 0 spiro atoms. The number of aryl methyl sites for hydroxylation is 1. The Balaban J connectivity index is 2.10. The van der Waals surface area contributed by atoms with Crippen LogP contribution in [0.15, 0.2) is 42.5 Å². The molecule has 0 aromatic heterocycles. The molecule has 0 saturated carbocycles. The first-order chi connectivity index (χ1) is 9.06. The van der Waals surface area contributed by atoms with Gasteiger partial charge in [-0.05, 0) is 30.2 Å². The molecule has 0 fully saturated rings. The van der Waals surface area contributed by atoms with Gasteiger partial charge in [-0.2, -0.15) is 0 Å². The van der Waals surface area contributed by atoms with Gasteiger partial charge < -0.3 is 5.32 Å². The Kier molecular flexibility index (Phi) is 4.02. The van der Waals surface area contributed by atoms with Crippen LogP contribution in [0.1, 0.15) is 11.1 Å². The third-order valence-corrected chi connectivity index (χ3v) is 3.04. The van der Waals surface area contributed by atoms with Crippen molar-refractivity contribution in [2.24, 2.45) is 0 Å². The summed E-state index contributed by atoms with van der Waals surface area (Å²) in [4.78, 5) is 10.3. The van der Waals surface area contributed by atoms with Crippen LogP contribution in [0.3, 0.4) is 0 Å². The van der Waals surface area contributed by atoms with Gasteiger partial charge in [0.2, 0.25) is 0 Å². The highest BCUT2D eigenvalue weighted by Crippen LogP contribution is 2.23. The topological polar surface area (TPSA) is 55.2 Å². The van der Waals surface area contributed by atoms with Crippen LogP contribution < -0.4 is 5.32 Å². The Morgan fingerprint density at radius 2 is 2.05 bits per heavy atom. The fourth-order valence-electron chi connectivity index (χ4n) is 1.74. The molecule has 2 rings (SSSR count). The molecule has 0 aliphatic rings. The SMILES string of the molecule is Cc1ccc(NCc2cccc([N+](=O)[O-])c2)c(Cl)c1. The zero-order valence-corrected chi connectivity index (χ0v) is 11.1. The van der Waals surface area contributed by atoms with Gasteiger partial charge in [0, 0.05) is 18.7 Å². The van der Waals surface area contributed by atoms with Gasteiger partial charge in [-0.25, -0.2) is 0 Å². The Hall–Kier alpha value is -2.07. The van der Waals surface area contributed by atoms with E-state index in [1.54, 1.807) is 12.1 Å². The highest BCUT2D eigenvalue weighted by atomic mass is 35.5. The predicted molar refractivity (Wildman–Crippen MR) is 76.6 cm³/mol. The van der Waals surface area contributed by atoms with Gasteiger partial charge in [0.15, 0.2) is 0 Å². The standard InChI is InChI=1S/C14H13ClN2O2/c1-10-5-6-14(13(15)7-10)16-9-11-3-2-4-12(8-11)17(18)19/h2-8,16H,9H2,1H3. The molecule has 0 saturated heterocycles. The fourth-order valence-corrected chi connectivity index (χ4v) is 2.04. The molecule has 0 unspecified atom stereocenters. The second-order valence-corrected chi connectivity index (χ2v) is 4.67. The van der Waals surface area contributed by atoms with Crippen LogP contribution in [-0.2, 0) is 6.54 Å². The Bertz CT molecular complexity index is 614. The largest absolute Gasteiger partial charge is 0.380 e. The lowest BCUT2D eigenvalue weighted by Crippen LogP contribution is -2.00. The number of hydrogen-bond donors (Lipinski definition) is 1. The summed E-state index contributed by atoms with van der Waals surface area (Å²) in [5.41, 5.74) is 2.84. The van der Waals surface area contributed by atoms with Crippen molar-refractivity contribution in [2.45, 2.75) is 13.5 Å². The maximum absolute atomic E-state index is 10.7. The number of nitrogens with one attached hydrogen (secondary N) is 1. The quantitative estimate of drug-likeness (QED) is 0.673. The average Bonchev–Trinajstić information content (AvgIpc) is 2.38. The molecule has 0 heterocycles. The molecule has 4 nitrogen and oxygen atoms in total. The van der Waals surface area contributed by atoms with Gasteiger partial charge in [0.25, 0.3) is 5.69 Å². The minimum Gasteiger partial charge on any atom is -0.380 e. The molecule has 0 aliphatic carbocycles. The lowest BCUT2D eigenvalue weighted by atomic mass is 10.2. The Morgan fingerprint density at radius 1 is 1.26 bits per heavy atom. The molecule has 0 bridgehead atoms. The zero-order chi connectivity index (χ0) is 13.8. The number of non-ortho nitro benzene ring substituents is 1. The van der Waals surface area contributed by atoms with Gasteiger partial charge in [-0.15, -0.1) is 0 Å². The van der Waals surface area contributed by atoms with Crippen LogP contribution >= 0.6 is 11.6 Å². The summed E-state index contributed by atoms with van der Waals surface area (Å²) in [6, 6.07) is 12.3. The van der Waals surface area contributed by atoms with Crippen LogP contribution in [0.4, 0.5) is 11.4 Å². The van der Waals surface area contributed by atoms with Crippen molar-refractivity contribution in [3.63, 3.8) is 0 Å². The number of nitro groups is 1. The van der Waals surface area contributed by atoms with E-state index >= 15 is 0 Å². The molecule has 0 radical (unpaired) electrons. The van der Waals surface area contributed by atoms with E-state index in [4.69, 9.17) is 11.6 Å². The molecular weight excluding hydrogens is 264 g/mol. The first-order valence-corrected chi connectivity index (χ1v) is 6.17. The molecule has 0 aliphatic heterocycles. The Morgan fingerprint density at radius 3 is 2.74 bits per heavy atom. The smallest absolute Gasteiger partial charge is 0.269 e. The maximum Gasteiger partial charge on any atom is 0.269 e. The molecule has 19 heavy (non-hydrogen) atoms. The van der Waals surface area contributed by atoms with Crippen LogP contribution in [-0.4, -0.2) is 4.92 Å². The number of halogens is 1. The van der Waals surface area contributed by atoms with Gasteiger partial charge in [0.1, 0.15) is 0 Å². The Labute approximate surface area is 116 Å². The molecule has 0 atom stereocenters. The van der Waals surface area contributed by atoms with Crippen molar-refractivity contribution in [3.8, 4) is 0 Å². The van der Waals surface area contributed by atoms with E-state index in [-0.39, 0.29) is 5.69 Å². The summed E-state index contributed by atoms with van der Waals surface area (Å²) in [6.45, 7) is 2.46. The minimum atomic E-state index is -0.400. The van der Waals surface area contributed by atoms with Crippen LogP contribution in [0.5, 0.6) is 0 Å². The second-order valence-electron chi connectivity index (χ2n) is 4.26. The first-order valence-electron chi connectivity index (χ1n) is 5.79. The molecule has 0 amide bonds. The monoisotopic (exact) mass is 276 g/mol. The molecular formula is C14H13ClN2O2. The number of hydrogen-bond acceptors (Lipinski definition) is 3. The highest BCUT2D eigenvalue weighted by Gasteiger charge is 2.06. The van der Waals surface area contributed by atoms with Gasteiger partial charge >= 0.3 is 0 Å². The second kappa shape index (κ2) is 5.71. The predicted octanol–water partition coefficient (Wildman–Crippen LogP) is 4.17. The number of rotatable bonds is 4. The van der Waals surface area contributed by atoms with Crippen LogP contribution in [0.25, 0.3) is 0 Å². The van der Waals surface area contributed by atoms with Crippen molar-refractivity contribution in [2.75, 3.05) is 5.32 Å². The lowest BCUT2D eigenvalue weighted by molar-refractivity contribution is -0.384. The van der Waals surface area contributed by atoms with E-state index in [2.05, 4.69) is 5.32 Å². The summed E-state index contributed by atoms with van der Waals surface area (Å²) < 4.78 is 0. The fraction of sp³-hybridized carbons (Fsp3) is 0.143. The minimum absolute atomic E-state index is 0.0919. The lowest BCUT2D eigenvalue weighted by Gasteiger charge is -2.09. The van der Waals surface area contributed by atoms with Gasteiger partial charge in [-0.3, -0.25) is 10.1 Å². The average molecular weight is 277 g/mol. The maximum atomic E-state index is 10.7. The first kappa shape index (κ1) is 13.4. The van der Waals surface area contributed by atoms with Gasteiger partial charge in [-0.1, -0.05) is 29.8 Å². The van der Waals surface area contributed by atoms with E-state index in [0.29, 0.717) is 11.6 Å². The zero-order valence-electron chi connectivity index (χ0n) is 10.4. The van der Waals surface area contributed by atoms with E-state index in [9.17, 15) is 10.1 Å². The number of nitrogens with zero attached hydrogens (tertiary/aromatic N) is 1. The third-order valence-electron chi connectivity index (χ3n) is 2.73. The van der Waals surface area contributed by atoms with E-state index < -0.39 is 4.92 Å². The summed E-state index contributed by atoms with van der Waals surface area (Å²) in [7, 11) is 0. The number of benzene rings is 2. The van der Waals surface area contributed by atoms with Crippen molar-refractivity contribution in [3.05, 3.63) is 68.7 Å². The van der Waals surface area contributed by atoms with Gasteiger partial charge in [0.05, 0.1) is 15.6 Å². The van der Waals surface area contributed by atoms with Crippen LogP contribution in [0.2, 0.25) is 5.02 Å². The molecule has 2 aromatic carbocycles. The third kappa shape index (κ3) is 3.45. The van der Waals surface area contributed by atoms with Crippen molar-refractivity contribution >= 4 is 23.0 Å². The molecule has 2 aromatic rings. The molecule has 98 valence electrons. The van der Waals surface area contributed by atoms with E-state index in [1.165, 1.54) is 6.07 Å². The summed E-state index contributed by atoms with van der Waals surface area (Å²) in [5.74, 6) is 0. The number of anilines is 1. The summed E-state index contributed by atoms with van der Waals surface area (Å²) in [5, 5.41) is 14.5. The van der Waals surface area contributed by atoms with Crippen molar-refractivity contribution in [1.82, 2.24) is 0 Å². The van der Waals surface area contributed by atoms with Crippen LogP contribution in [0, 0.1) is 17.0 Å². The van der Waals surface area contributed by atoms with Crippen molar-refractivity contribution in [1.29, 1.82) is 0 Å². The number of nitro benzene ring substituents is 1. The summed E-state index contributed by atoms with van der Waals surface area (Å²) >= 11 is 6.11. The molecule has 5 heteroatoms. The molecule has 1 N–H and O–H groups in total. The highest BCUT2D eigenvalue weighted by molar-refractivity contribution is 6.33. The normalized spacial score (nSPS) is 10.2. The van der Waals surface area contributed by atoms with E-state index in [1.807, 2.05) is 31.2 Å². The van der Waals surface area contributed by atoms with Crippen molar-refractivity contribution < 1.29 is 4.92 Å². The van der Waals surface area contributed by atoms with E-state index in [0.717, 1.165) is 16.8 Å². The summed E-state index contributed by atoms with van der Waals surface area (Å²) in [6.07, 6.45) is 0.